The average molecular weight is 349 g/mol. The molecule has 1 saturated heterocycles. The SMILES string of the molecule is COc1ccccc1NC(=O)N1CC[C@H](Oc2ncc(Cl)cn2)C1. The molecule has 2 amide bonds. The van der Waals surface area contributed by atoms with Crippen molar-refractivity contribution in [2.75, 3.05) is 25.5 Å². The van der Waals surface area contributed by atoms with E-state index >= 15 is 0 Å². The molecule has 7 nitrogen and oxygen atoms in total. The zero-order valence-corrected chi connectivity index (χ0v) is 13.9. The van der Waals surface area contributed by atoms with Crippen molar-refractivity contribution < 1.29 is 14.3 Å². The average Bonchev–Trinajstić information content (AvgIpc) is 3.06. The summed E-state index contributed by atoms with van der Waals surface area (Å²) < 4.78 is 10.9. The number of rotatable bonds is 4. The molecule has 2 aromatic rings. The van der Waals surface area contributed by atoms with Crippen molar-refractivity contribution in [2.24, 2.45) is 0 Å². The maximum Gasteiger partial charge on any atom is 0.322 e. The second-order valence-corrected chi connectivity index (χ2v) is 5.73. The molecule has 1 aromatic carbocycles. The summed E-state index contributed by atoms with van der Waals surface area (Å²) in [5.41, 5.74) is 0.635. The van der Waals surface area contributed by atoms with E-state index in [2.05, 4.69) is 15.3 Å². The lowest BCUT2D eigenvalue weighted by molar-refractivity contribution is 0.184. The summed E-state index contributed by atoms with van der Waals surface area (Å²) >= 11 is 5.74. The first-order valence-corrected chi connectivity index (χ1v) is 7.86. The van der Waals surface area contributed by atoms with Crippen LogP contribution in [0.2, 0.25) is 5.02 Å². The first kappa shape index (κ1) is 16.3. The number of amides is 2. The minimum atomic E-state index is -0.192. The van der Waals surface area contributed by atoms with Gasteiger partial charge in [-0.3, -0.25) is 0 Å². The number of urea groups is 1. The molecule has 0 radical (unpaired) electrons. The lowest BCUT2D eigenvalue weighted by atomic mass is 10.3. The van der Waals surface area contributed by atoms with Gasteiger partial charge in [-0.15, -0.1) is 0 Å². The summed E-state index contributed by atoms with van der Waals surface area (Å²) in [4.78, 5) is 22.1. The van der Waals surface area contributed by atoms with Crippen LogP contribution in [0, 0.1) is 0 Å². The topological polar surface area (TPSA) is 76.6 Å². The van der Waals surface area contributed by atoms with Crippen LogP contribution in [0.15, 0.2) is 36.7 Å². The Morgan fingerprint density at radius 3 is 2.83 bits per heavy atom. The Kier molecular flexibility index (Phi) is 5.00. The molecule has 126 valence electrons. The predicted molar refractivity (Wildman–Crippen MR) is 89.7 cm³/mol. The molecule has 0 spiro atoms. The van der Waals surface area contributed by atoms with Gasteiger partial charge in [0.2, 0.25) is 0 Å². The minimum Gasteiger partial charge on any atom is -0.495 e. The fourth-order valence-electron chi connectivity index (χ4n) is 2.46. The van der Waals surface area contributed by atoms with E-state index in [-0.39, 0.29) is 18.1 Å². The number of hydrogen-bond acceptors (Lipinski definition) is 5. The summed E-state index contributed by atoms with van der Waals surface area (Å²) in [7, 11) is 1.57. The predicted octanol–water partition coefficient (Wildman–Crippen LogP) is 2.82. The third-order valence-electron chi connectivity index (χ3n) is 3.65. The van der Waals surface area contributed by atoms with Gasteiger partial charge in [0.05, 0.1) is 36.8 Å². The molecule has 0 aliphatic carbocycles. The molecule has 0 unspecified atom stereocenters. The highest BCUT2D eigenvalue weighted by molar-refractivity contribution is 6.30. The molecule has 0 bridgehead atoms. The third-order valence-corrected chi connectivity index (χ3v) is 3.84. The number of carbonyl (C=O) groups excluding carboxylic acids is 1. The van der Waals surface area contributed by atoms with Gasteiger partial charge in [0, 0.05) is 13.0 Å². The van der Waals surface area contributed by atoms with Crippen LogP contribution in [-0.2, 0) is 0 Å². The Balaban J connectivity index is 1.56. The van der Waals surface area contributed by atoms with Crippen LogP contribution in [0.3, 0.4) is 0 Å². The van der Waals surface area contributed by atoms with Gasteiger partial charge in [0.25, 0.3) is 0 Å². The Morgan fingerprint density at radius 2 is 2.08 bits per heavy atom. The second kappa shape index (κ2) is 7.35. The maximum absolute atomic E-state index is 12.4. The maximum atomic E-state index is 12.4. The molecule has 1 fully saturated rings. The van der Waals surface area contributed by atoms with Crippen molar-refractivity contribution in [3.8, 4) is 11.8 Å². The number of hydrogen-bond donors (Lipinski definition) is 1. The van der Waals surface area contributed by atoms with E-state index in [0.717, 1.165) is 0 Å². The fourth-order valence-corrected chi connectivity index (χ4v) is 2.56. The van der Waals surface area contributed by atoms with Crippen LogP contribution in [0.25, 0.3) is 0 Å². The Hall–Kier alpha value is -2.54. The van der Waals surface area contributed by atoms with Gasteiger partial charge in [-0.05, 0) is 12.1 Å². The molecule has 1 atom stereocenters. The van der Waals surface area contributed by atoms with Crippen molar-refractivity contribution in [1.29, 1.82) is 0 Å². The standard InChI is InChI=1S/C16H17ClN4O3/c1-23-14-5-3-2-4-13(14)20-16(22)21-7-6-12(10-21)24-15-18-8-11(17)9-19-15/h2-5,8-9,12H,6-7,10H2,1H3,(H,20,22)/t12-/m0/s1. The van der Waals surface area contributed by atoms with Crippen LogP contribution in [0.1, 0.15) is 6.42 Å². The smallest absolute Gasteiger partial charge is 0.322 e. The number of ether oxygens (including phenoxy) is 2. The quantitative estimate of drug-likeness (QED) is 0.919. The van der Waals surface area contributed by atoms with Crippen LogP contribution in [0.4, 0.5) is 10.5 Å². The molecule has 3 rings (SSSR count). The molecule has 1 N–H and O–H groups in total. The molecule has 1 aromatic heterocycles. The molecular weight excluding hydrogens is 332 g/mol. The lowest BCUT2D eigenvalue weighted by Crippen LogP contribution is -2.34. The first-order chi connectivity index (χ1) is 11.7. The van der Waals surface area contributed by atoms with Gasteiger partial charge in [-0.2, -0.15) is 0 Å². The van der Waals surface area contributed by atoms with E-state index in [9.17, 15) is 4.79 Å². The number of benzene rings is 1. The summed E-state index contributed by atoms with van der Waals surface area (Å²) in [5, 5.41) is 3.30. The number of methoxy groups -OCH3 is 1. The number of halogens is 1. The molecule has 0 saturated carbocycles. The Bertz CT molecular complexity index is 711. The molecular formula is C16H17ClN4O3. The van der Waals surface area contributed by atoms with E-state index in [1.807, 2.05) is 12.1 Å². The van der Waals surface area contributed by atoms with E-state index in [1.54, 1.807) is 24.1 Å². The molecule has 1 aliphatic rings. The van der Waals surface area contributed by atoms with Crippen LogP contribution in [-0.4, -0.2) is 47.2 Å². The molecule has 8 heteroatoms. The van der Waals surface area contributed by atoms with E-state index < -0.39 is 0 Å². The molecule has 1 aliphatic heterocycles. The zero-order valence-electron chi connectivity index (χ0n) is 13.1. The number of likely N-dealkylation sites (tertiary alicyclic amines) is 1. The van der Waals surface area contributed by atoms with Gasteiger partial charge in [-0.1, -0.05) is 23.7 Å². The zero-order chi connectivity index (χ0) is 16.9. The van der Waals surface area contributed by atoms with Gasteiger partial charge in [0.1, 0.15) is 11.9 Å². The highest BCUT2D eigenvalue weighted by atomic mass is 35.5. The van der Waals surface area contributed by atoms with Crippen LogP contribution < -0.4 is 14.8 Å². The summed E-state index contributed by atoms with van der Waals surface area (Å²) in [6, 6.07) is 7.34. The largest absolute Gasteiger partial charge is 0.495 e. The highest BCUT2D eigenvalue weighted by Crippen LogP contribution is 2.24. The Morgan fingerprint density at radius 1 is 1.33 bits per heavy atom. The lowest BCUT2D eigenvalue weighted by Gasteiger charge is -2.18. The number of para-hydroxylation sites is 2. The van der Waals surface area contributed by atoms with E-state index in [0.29, 0.717) is 36.0 Å². The highest BCUT2D eigenvalue weighted by Gasteiger charge is 2.28. The van der Waals surface area contributed by atoms with Gasteiger partial charge in [0.15, 0.2) is 0 Å². The molecule has 24 heavy (non-hydrogen) atoms. The number of anilines is 1. The summed E-state index contributed by atoms with van der Waals surface area (Å²) in [6.07, 6.45) is 3.52. The number of carbonyl (C=O) groups is 1. The van der Waals surface area contributed by atoms with Crippen molar-refractivity contribution in [2.45, 2.75) is 12.5 Å². The van der Waals surface area contributed by atoms with Crippen molar-refractivity contribution >= 4 is 23.3 Å². The Labute approximate surface area is 144 Å². The number of aromatic nitrogens is 2. The van der Waals surface area contributed by atoms with Crippen molar-refractivity contribution in [1.82, 2.24) is 14.9 Å². The normalized spacial score (nSPS) is 16.8. The number of nitrogens with zero attached hydrogens (tertiary/aromatic N) is 3. The second-order valence-electron chi connectivity index (χ2n) is 5.29. The van der Waals surface area contributed by atoms with E-state index in [4.69, 9.17) is 21.1 Å². The molecule has 2 heterocycles. The number of nitrogens with one attached hydrogen (secondary N) is 1. The fraction of sp³-hybridized carbons (Fsp3) is 0.312. The summed E-state index contributed by atoms with van der Waals surface area (Å²) in [6.45, 7) is 1.06. The van der Waals surface area contributed by atoms with Crippen molar-refractivity contribution in [3.63, 3.8) is 0 Å². The van der Waals surface area contributed by atoms with Gasteiger partial charge < -0.3 is 19.7 Å². The summed E-state index contributed by atoms with van der Waals surface area (Å²) in [5.74, 6) is 0.618. The van der Waals surface area contributed by atoms with Gasteiger partial charge >= 0.3 is 12.0 Å². The van der Waals surface area contributed by atoms with Crippen LogP contribution in [0.5, 0.6) is 11.8 Å². The monoisotopic (exact) mass is 348 g/mol. The third kappa shape index (κ3) is 3.86. The van der Waals surface area contributed by atoms with E-state index in [1.165, 1.54) is 12.4 Å². The van der Waals surface area contributed by atoms with Gasteiger partial charge in [-0.25, -0.2) is 14.8 Å². The first-order valence-electron chi connectivity index (χ1n) is 7.49. The van der Waals surface area contributed by atoms with Crippen LogP contribution >= 0.6 is 11.6 Å². The van der Waals surface area contributed by atoms with Crippen molar-refractivity contribution in [3.05, 3.63) is 41.7 Å². The minimum absolute atomic E-state index is 0.144.